The molecule has 31 heavy (non-hydrogen) atoms. The Kier molecular flexibility index (Phi) is 6.25. The van der Waals surface area contributed by atoms with Crippen LogP contribution in [-0.4, -0.2) is 26.5 Å². The Morgan fingerprint density at radius 2 is 1.87 bits per heavy atom. The number of nitrogens with one attached hydrogen (secondary N) is 1. The number of rotatable bonds is 5. The van der Waals surface area contributed by atoms with Gasteiger partial charge in [-0.2, -0.15) is 0 Å². The molecule has 0 saturated carbocycles. The molecule has 1 N–H and O–H groups in total. The van der Waals surface area contributed by atoms with Gasteiger partial charge < -0.3 is 5.32 Å². The average molecular weight is 452 g/mol. The summed E-state index contributed by atoms with van der Waals surface area (Å²) in [6.07, 6.45) is 0.770. The Labute approximate surface area is 190 Å². The smallest absolute Gasteiger partial charge is 0.272 e. The molecule has 3 aromatic rings. The van der Waals surface area contributed by atoms with Gasteiger partial charge in [0.1, 0.15) is 0 Å². The summed E-state index contributed by atoms with van der Waals surface area (Å²) in [5.74, 6) is 0.0549. The lowest BCUT2D eigenvalue weighted by Gasteiger charge is -2.14. The summed E-state index contributed by atoms with van der Waals surface area (Å²) in [4.78, 5) is 31.5. The molecule has 0 radical (unpaired) electrons. The van der Waals surface area contributed by atoms with Gasteiger partial charge in [0.15, 0.2) is 5.16 Å². The third-order valence-electron chi connectivity index (χ3n) is 5.17. The number of carbonyl (C=O) groups is 1. The standard InChI is InChI=1S/C24H25N3O2S2/c1-14-6-9-18(10-7-14)27-23(29)22-20(12-17(4)31-22)26-24(27)30-13-21(28)25-19-11-15(2)5-8-16(19)3/h5-11,17H,12-13H2,1-4H3,(H,25,28). The van der Waals surface area contributed by atoms with E-state index in [1.54, 1.807) is 16.3 Å². The van der Waals surface area contributed by atoms with Gasteiger partial charge in [0.2, 0.25) is 5.91 Å². The SMILES string of the molecule is Cc1ccc(-n2c(SCC(=O)Nc3cc(C)ccc3C)nc3c(c2=O)SC(C)C3)cc1. The van der Waals surface area contributed by atoms with Crippen LogP contribution in [0.2, 0.25) is 0 Å². The van der Waals surface area contributed by atoms with Crippen molar-refractivity contribution >= 4 is 35.1 Å². The number of benzene rings is 2. The number of hydrogen-bond acceptors (Lipinski definition) is 5. The van der Waals surface area contributed by atoms with Crippen molar-refractivity contribution in [2.24, 2.45) is 0 Å². The molecule has 1 aromatic heterocycles. The van der Waals surface area contributed by atoms with Crippen LogP contribution >= 0.6 is 23.5 Å². The topological polar surface area (TPSA) is 64.0 Å². The van der Waals surface area contributed by atoms with Gasteiger partial charge in [0, 0.05) is 17.4 Å². The highest BCUT2D eigenvalue weighted by molar-refractivity contribution is 8.00. The number of carbonyl (C=O) groups excluding carboxylic acids is 1. The van der Waals surface area contributed by atoms with E-state index in [-0.39, 0.29) is 17.2 Å². The molecule has 0 fully saturated rings. The molecular formula is C24H25N3O2S2. The largest absolute Gasteiger partial charge is 0.325 e. The number of thioether (sulfide) groups is 2. The van der Waals surface area contributed by atoms with Crippen LogP contribution in [0.3, 0.4) is 0 Å². The molecule has 7 heteroatoms. The maximum absolute atomic E-state index is 13.3. The average Bonchev–Trinajstić information content (AvgIpc) is 3.11. The summed E-state index contributed by atoms with van der Waals surface area (Å²) in [5.41, 5.74) is 5.59. The van der Waals surface area contributed by atoms with Crippen LogP contribution in [0, 0.1) is 20.8 Å². The fourth-order valence-electron chi connectivity index (χ4n) is 3.51. The van der Waals surface area contributed by atoms with E-state index in [0.717, 1.165) is 45.1 Å². The van der Waals surface area contributed by atoms with Crippen LogP contribution in [-0.2, 0) is 11.2 Å². The van der Waals surface area contributed by atoms with Gasteiger partial charge in [-0.25, -0.2) is 4.98 Å². The predicted octanol–water partition coefficient (Wildman–Crippen LogP) is 4.93. The van der Waals surface area contributed by atoms with Gasteiger partial charge in [0.05, 0.1) is 22.0 Å². The lowest BCUT2D eigenvalue weighted by atomic mass is 10.1. The maximum atomic E-state index is 13.3. The van der Waals surface area contributed by atoms with E-state index in [1.807, 2.05) is 63.2 Å². The summed E-state index contributed by atoms with van der Waals surface area (Å²) in [6, 6.07) is 13.8. The van der Waals surface area contributed by atoms with Crippen LogP contribution in [0.15, 0.2) is 57.3 Å². The zero-order chi connectivity index (χ0) is 22.1. The highest BCUT2D eigenvalue weighted by Gasteiger charge is 2.27. The van der Waals surface area contributed by atoms with E-state index in [1.165, 1.54) is 11.8 Å². The molecule has 160 valence electrons. The number of aromatic nitrogens is 2. The molecule has 1 unspecified atom stereocenters. The second kappa shape index (κ2) is 8.93. The van der Waals surface area contributed by atoms with Crippen molar-refractivity contribution in [3.8, 4) is 5.69 Å². The first-order valence-electron chi connectivity index (χ1n) is 10.2. The number of nitrogens with zero attached hydrogens (tertiary/aromatic N) is 2. The van der Waals surface area contributed by atoms with Crippen LogP contribution in [0.1, 0.15) is 29.3 Å². The lowest BCUT2D eigenvalue weighted by molar-refractivity contribution is -0.113. The van der Waals surface area contributed by atoms with Gasteiger partial charge in [0.25, 0.3) is 5.56 Å². The van der Waals surface area contributed by atoms with E-state index in [4.69, 9.17) is 4.98 Å². The molecule has 1 atom stereocenters. The van der Waals surface area contributed by atoms with Gasteiger partial charge >= 0.3 is 0 Å². The van der Waals surface area contributed by atoms with Gasteiger partial charge in [-0.1, -0.05) is 48.5 Å². The fourth-order valence-corrected chi connectivity index (χ4v) is 5.43. The summed E-state index contributed by atoms with van der Waals surface area (Å²) < 4.78 is 1.64. The molecule has 1 amide bonds. The maximum Gasteiger partial charge on any atom is 0.272 e. The normalized spacial score (nSPS) is 15.0. The van der Waals surface area contributed by atoms with Crippen molar-refractivity contribution in [2.75, 3.05) is 11.1 Å². The van der Waals surface area contributed by atoms with Crippen molar-refractivity contribution in [2.45, 2.75) is 49.4 Å². The molecule has 4 rings (SSSR count). The van der Waals surface area contributed by atoms with Crippen molar-refractivity contribution in [3.05, 3.63) is 75.2 Å². The summed E-state index contributed by atoms with van der Waals surface area (Å²) >= 11 is 2.88. The Morgan fingerprint density at radius 1 is 1.16 bits per heavy atom. The van der Waals surface area contributed by atoms with E-state index in [0.29, 0.717) is 10.4 Å². The molecule has 2 heterocycles. The van der Waals surface area contributed by atoms with Crippen LogP contribution in [0.25, 0.3) is 5.69 Å². The molecule has 0 spiro atoms. The highest BCUT2D eigenvalue weighted by atomic mass is 32.2. The van der Waals surface area contributed by atoms with Gasteiger partial charge in [-0.3, -0.25) is 14.2 Å². The molecule has 1 aliphatic rings. The minimum Gasteiger partial charge on any atom is -0.325 e. The van der Waals surface area contributed by atoms with Crippen molar-refractivity contribution in [1.29, 1.82) is 0 Å². The summed E-state index contributed by atoms with van der Waals surface area (Å²) in [6.45, 7) is 8.08. The van der Waals surface area contributed by atoms with Gasteiger partial charge in [-0.15, -0.1) is 11.8 Å². The zero-order valence-electron chi connectivity index (χ0n) is 18.1. The van der Waals surface area contributed by atoms with E-state index < -0.39 is 0 Å². The first-order valence-corrected chi connectivity index (χ1v) is 12.1. The number of anilines is 1. The minimum atomic E-state index is -0.119. The Hall–Kier alpha value is -2.51. The molecule has 0 bridgehead atoms. The van der Waals surface area contributed by atoms with E-state index in [9.17, 15) is 9.59 Å². The molecule has 5 nitrogen and oxygen atoms in total. The first kappa shape index (κ1) is 21.7. The minimum absolute atomic E-state index is 0.0550. The van der Waals surface area contributed by atoms with Gasteiger partial charge in [-0.05, 0) is 50.1 Å². The van der Waals surface area contributed by atoms with Crippen LogP contribution in [0.5, 0.6) is 0 Å². The first-order chi connectivity index (χ1) is 14.8. The second-order valence-corrected chi connectivity index (χ2v) is 10.3. The Bertz CT molecular complexity index is 1200. The second-order valence-electron chi connectivity index (χ2n) is 7.93. The third kappa shape index (κ3) is 4.72. The zero-order valence-corrected chi connectivity index (χ0v) is 19.7. The van der Waals surface area contributed by atoms with Crippen molar-refractivity contribution in [1.82, 2.24) is 9.55 Å². The molecule has 0 saturated heterocycles. The molecule has 2 aromatic carbocycles. The number of aryl methyl sites for hydroxylation is 3. The lowest BCUT2D eigenvalue weighted by Crippen LogP contribution is -2.24. The predicted molar refractivity (Wildman–Crippen MR) is 129 cm³/mol. The Balaban J connectivity index is 1.63. The number of fused-ring (bicyclic) bond motifs is 1. The van der Waals surface area contributed by atoms with Crippen molar-refractivity contribution in [3.63, 3.8) is 0 Å². The number of amides is 1. The fraction of sp³-hybridized carbons (Fsp3) is 0.292. The molecular weight excluding hydrogens is 426 g/mol. The quantitative estimate of drug-likeness (QED) is 0.440. The molecule has 0 aliphatic carbocycles. The van der Waals surface area contributed by atoms with Crippen LogP contribution in [0.4, 0.5) is 5.69 Å². The summed E-state index contributed by atoms with van der Waals surface area (Å²) in [5, 5.41) is 3.87. The third-order valence-corrected chi connectivity index (χ3v) is 7.33. The van der Waals surface area contributed by atoms with Crippen molar-refractivity contribution < 1.29 is 4.79 Å². The Morgan fingerprint density at radius 3 is 2.61 bits per heavy atom. The highest BCUT2D eigenvalue weighted by Crippen LogP contribution is 2.35. The van der Waals surface area contributed by atoms with Crippen LogP contribution < -0.4 is 10.9 Å². The monoisotopic (exact) mass is 451 g/mol. The summed E-state index contributed by atoms with van der Waals surface area (Å²) in [7, 11) is 0. The molecule has 1 aliphatic heterocycles. The van der Waals surface area contributed by atoms with E-state index >= 15 is 0 Å². The van der Waals surface area contributed by atoms with E-state index in [2.05, 4.69) is 12.2 Å². The number of hydrogen-bond donors (Lipinski definition) is 1.